The van der Waals surface area contributed by atoms with E-state index in [4.69, 9.17) is 9.47 Å². The number of rotatable bonds is 4. The molecule has 5 heteroatoms. The first kappa shape index (κ1) is 11.3. The Morgan fingerprint density at radius 2 is 2.57 bits per heavy atom. The highest BCUT2D eigenvalue weighted by Crippen LogP contribution is 2.07. The Hall–Kier alpha value is -0.810. The lowest BCUT2D eigenvalue weighted by Crippen LogP contribution is -2.34. The van der Waals surface area contributed by atoms with Gasteiger partial charge >= 0.3 is 6.09 Å². The van der Waals surface area contributed by atoms with E-state index in [2.05, 4.69) is 5.32 Å². The molecule has 0 aromatic carbocycles. The molecule has 82 valence electrons. The summed E-state index contributed by atoms with van der Waals surface area (Å²) in [5.41, 5.74) is 0. The summed E-state index contributed by atoms with van der Waals surface area (Å²) in [5, 5.41) is 11.7. The Morgan fingerprint density at radius 3 is 3.14 bits per heavy atom. The van der Waals surface area contributed by atoms with Crippen molar-refractivity contribution in [1.82, 2.24) is 5.32 Å². The molecule has 0 aliphatic carbocycles. The van der Waals surface area contributed by atoms with Gasteiger partial charge in [0.15, 0.2) is 0 Å². The zero-order chi connectivity index (χ0) is 10.4. The summed E-state index contributed by atoms with van der Waals surface area (Å²) in [6.07, 6.45) is 0.264. The standard InChI is InChI=1S/C9H17NO4/c1-2-7(11)5-10-9(12)14-8-3-4-13-6-8/h7-8,11H,2-6H2,1H3,(H,10,12)/t7?,8-/m0/s1. The van der Waals surface area contributed by atoms with Crippen LogP contribution < -0.4 is 5.32 Å². The second-order valence-corrected chi connectivity index (χ2v) is 3.33. The highest BCUT2D eigenvalue weighted by molar-refractivity contribution is 5.67. The van der Waals surface area contributed by atoms with Gasteiger partial charge in [-0.05, 0) is 6.42 Å². The van der Waals surface area contributed by atoms with Gasteiger partial charge in [-0.2, -0.15) is 0 Å². The van der Waals surface area contributed by atoms with Crippen LogP contribution in [0.25, 0.3) is 0 Å². The Balaban J connectivity index is 2.09. The van der Waals surface area contributed by atoms with Crippen LogP contribution in [0.3, 0.4) is 0 Å². The zero-order valence-electron chi connectivity index (χ0n) is 8.36. The molecule has 5 nitrogen and oxygen atoms in total. The highest BCUT2D eigenvalue weighted by Gasteiger charge is 2.19. The van der Waals surface area contributed by atoms with Crippen LogP contribution in [0.2, 0.25) is 0 Å². The second kappa shape index (κ2) is 5.82. The van der Waals surface area contributed by atoms with E-state index in [1.165, 1.54) is 0 Å². The normalized spacial score (nSPS) is 23.1. The minimum atomic E-state index is -0.498. The topological polar surface area (TPSA) is 67.8 Å². The molecule has 1 heterocycles. The van der Waals surface area contributed by atoms with Crippen molar-refractivity contribution >= 4 is 6.09 Å². The lowest BCUT2D eigenvalue weighted by Gasteiger charge is -2.12. The van der Waals surface area contributed by atoms with E-state index in [-0.39, 0.29) is 12.6 Å². The molecule has 1 aliphatic heterocycles. The first-order valence-electron chi connectivity index (χ1n) is 4.92. The van der Waals surface area contributed by atoms with Gasteiger partial charge in [0.25, 0.3) is 0 Å². The smallest absolute Gasteiger partial charge is 0.407 e. The molecule has 0 bridgehead atoms. The third kappa shape index (κ3) is 3.93. The fraction of sp³-hybridized carbons (Fsp3) is 0.889. The molecule has 0 aromatic rings. The van der Waals surface area contributed by atoms with Gasteiger partial charge in [0.2, 0.25) is 0 Å². The Bertz CT molecular complexity index is 180. The largest absolute Gasteiger partial charge is 0.444 e. The molecule has 0 aromatic heterocycles. The summed E-state index contributed by atoms with van der Waals surface area (Å²) >= 11 is 0. The second-order valence-electron chi connectivity index (χ2n) is 3.33. The van der Waals surface area contributed by atoms with Crippen molar-refractivity contribution in [3.05, 3.63) is 0 Å². The number of aliphatic hydroxyl groups is 1. The summed E-state index contributed by atoms with van der Waals surface area (Å²) in [5.74, 6) is 0. The highest BCUT2D eigenvalue weighted by atomic mass is 16.6. The van der Waals surface area contributed by atoms with E-state index in [1.807, 2.05) is 6.92 Å². The number of carbonyl (C=O) groups is 1. The van der Waals surface area contributed by atoms with Crippen LogP contribution in [0.15, 0.2) is 0 Å². The van der Waals surface area contributed by atoms with Gasteiger partial charge in [-0.1, -0.05) is 6.92 Å². The SMILES string of the molecule is CCC(O)CNC(=O)O[C@H]1CCOC1. The monoisotopic (exact) mass is 203 g/mol. The van der Waals surface area contributed by atoms with Crippen LogP contribution in [-0.4, -0.2) is 43.2 Å². The first-order valence-corrected chi connectivity index (χ1v) is 4.92. The number of alkyl carbamates (subject to hydrolysis) is 1. The van der Waals surface area contributed by atoms with Crippen LogP contribution in [0, 0.1) is 0 Å². The number of nitrogens with one attached hydrogen (secondary N) is 1. The number of amides is 1. The van der Waals surface area contributed by atoms with Gasteiger partial charge in [-0.15, -0.1) is 0 Å². The molecule has 0 spiro atoms. The van der Waals surface area contributed by atoms with Crippen LogP contribution in [0.5, 0.6) is 0 Å². The van der Waals surface area contributed by atoms with Gasteiger partial charge in [0.1, 0.15) is 6.10 Å². The summed E-state index contributed by atoms with van der Waals surface area (Å²) in [4.78, 5) is 11.1. The molecule has 1 amide bonds. The van der Waals surface area contributed by atoms with Gasteiger partial charge in [-0.3, -0.25) is 0 Å². The molecule has 2 atom stereocenters. The van der Waals surface area contributed by atoms with Crippen molar-refractivity contribution in [3.63, 3.8) is 0 Å². The van der Waals surface area contributed by atoms with Gasteiger partial charge in [0, 0.05) is 13.0 Å². The lowest BCUT2D eigenvalue weighted by molar-refractivity contribution is 0.0784. The summed E-state index contributed by atoms with van der Waals surface area (Å²) in [6.45, 7) is 3.21. The van der Waals surface area contributed by atoms with Gasteiger partial charge in [-0.25, -0.2) is 4.79 Å². The van der Waals surface area contributed by atoms with E-state index < -0.39 is 12.2 Å². The summed E-state index contributed by atoms with van der Waals surface area (Å²) < 4.78 is 10.1. The number of hydrogen-bond donors (Lipinski definition) is 2. The number of ether oxygens (including phenoxy) is 2. The maximum atomic E-state index is 11.1. The van der Waals surface area contributed by atoms with E-state index >= 15 is 0 Å². The molecule has 2 N–H and O–H groups in total. The summed E-state index contributed by atoms with van der Waals surface area (Å²) in [6, 6.07) is 0. The zero-order valence-corrected chi connectivity index (χ0v) is 8.36. The molecule has 1 unspecified atom stereocenters. The molecule has 1 aliphatic rings. The van der Waals surface area contributed by atoms with Crippen LogP contribution in [0.4, 0.5) is 4.79 Å². The van der Waals surface area contributed by atoms with Gasteiger partial charge < -0.3 is 19.9 Å². The molecule has 1 fully saturated rings. The van der Waals surface area contributed by atoms with Crippen molar-refractivity contribution in [2.45, 2.75) is 32.0 Å². The predicted molar refractivity (Wildman–Crippen MR) is 50.0 cm³/mol. The van der Waals surface area contributed by atoms with Crippen molar-refractivity contribution in [2.75, 3.05) is 19.8 Å². The minimum Gasteiger partial charge on any atom is -0.444 e. The molecular formula is C9H17NO4. The summed E-state index contributed by atoms with van der Waals surface area (Å²) in [7, 11) is 0. The van der Waals surface area contributed by atoms with Gasteiger partial charge in [0.05, 0.1) is 19.3 Å². The molecule has 14 heavy (non-hydrogen) atoms. The third-order valence-electron chi connectivity index (χ3n) is 2.11. The van der Waals surface area contributed by atoms with E-state index in [1.54, 1.807) is 0 Å². The molecular weight excluding hydrogens is 186 g/mol. The Kier molecular flexibility index (Phi) is 4.69. The van der Waals surface area contributed by atoms with Crippen molar-refractivity contribution in [3.8, 4) is 0 Å². The molecule has 1 saturated heterocycles. The van der Waals surface area contributed by atoms with Crippen molar-refractivity contribution in [1.29, 1.82) is 0 Å². The quantitative estimate of drug-likeness (QED) is 0.688. The van der Waals surface area contributed by atoms with Crippen LogP contribution in [0.1, 0.15) is 19.8 Å². The third-order valence-corrected chi connectivity index (χ3v) is 2.11. The number of carbonyl (C=O) groups excluding carboxylic acids is 1. The fourth-order valence-corrected chi connectivity index (χ4v) is 1.14. The Morgan fingerprint density at radius 1 is 1.79 bits per heavy atom. The van der Waals surface area contributed by atoms with E-state index in [9.17, 15) is 9.90 Å². The maximum absolute atomic E-state index is 11.1. The van der Waals surface area contributed by atoms with E-state index in [0.717, 1.165) is 6.42 Å². The number of aliphatic hydroxyl groups excluding tert-OH is 1. The fourth-order valence-electron chi connectivity index (χ4n) is 1.14. The average Bonchev–Trinajstić information content (AvgIpc) is 2.66. The molecule has 0 radical (unpaired) electrons. The average molecular weight is 203 g/mol. The predicted octanol–water partition coefficient (Wildman–Crippen LogP) is 0.272. The Labute approximate surface area is 83.4 Å². The van der Waals surface area contributed by atoms with Crippen LogP contribution >= 0.6 is 0 Å². The molecule has 0 saturated carbocycles. The lowest BCUT2D eigenvalue weighted by atomic mass is 10.3. The first-order chi connectivity index (χ1) is 6.72. The number of hydrogen-bond acceptors (Lipinski definition) is 4. The van der Waals surface area contributed by atoms with Crippen molar-refractivity contribution in [2.24, 2.45) is 0 Å². The maximum Gasteiger partial charge on any atom is 0.407 e. The minimum absolute atomic E-state index is 0.131. The van der Waals surface area contributed by atoms with E-state index in [0.29, 0.717) is 19.6 Å². The van der Waals surface area contributed by atoms with Crippen molar-refractivity contribution < 1.29 is 19.4 Å². The molecule has 1 rings (SSSR count). The van der Waals surface area contributed by atoms with Crippen LogP contribution in [-0.2, 0) is 9.47 Å².